The fourth-order valence-electron chi connectivity index (χ4n) is 2.54. The predicted octanol–water partition coefficient (Wildman–Crippen LogP) is 2.27. The lowest BCUT2D eigenvalue weighted by molar-refractivity contribution is 0.0764. The Hall–Kier alpha value is -1.35. The second kappa shape index (κ2) is 6.64. The van der Waals surface area contributed by atoms with Crippen LogP contribution in [0.3, 0.4) is 0 Å². The van der Waals surface area contributed by atoms with Crippen molar-refractivity contribution in [3.05, 3.63) is 40.5 Å². The minimum Gasteiger partial charge on any atom is -0.367 e. The van der Waals surface area contributed by atoms with Gasteiger partial charge in [0.25, 0.3) is 15.9 Å². The maximum absolute atomic E-state index is 12.6. The third kappa shape index (κ3) is 3.45. The zero-order valence-electron chi connectivity index (χ0n) is 12.2. The average Bonchev–Trinajstić information content (AvgIpc) is 3.13. The third-order valence-corrected chi connectivity index (χ3v) is 7.33. The summed E-state index contributed by atoms with van der Waals surface area (Å²) >= 11 is 6.89. The molecule has 9 heteroatoms. The van der Waals surface area contributed by atoms with E-state index >= 15 is 0 Å². The molecule has 0 radical (unpaired) electrons. The molecule has 0 bridgehead atoms. The molecule has 1 saturated heterocycles. The van der Waals surface area contributed by atoms with E-state index in [1.54, 1.807) is 29.4 Å². The highest BCUT2D eigenvalue weighted by atomic mass is 35.5. The molecule has 3 heterocycles. The normalized spacial score (nSPS) is 17.2. The van der Waals surface area contributed by atoms with E-state index in [0.717, 1.165) is 11.3 Å². The molecular formula is C14H16ClN3O3S2. The van der Waals surface area contributed by atoms with E-state index < -0.39 is 10.0 Å². The monoisotopic (exact) mass is 373 g/mol. The fraction of sp³-hybridized carbons (Fsp3) is 0.357. The summed E-state index contributed by atoms with van der Waals surface area (Å²) in [6, 6.07) is 4.82. The topological polar surface area (TPSA) is 73.5 Å². The molecule has 1 aliphatic heterocycles. The molecule has 0 atom stereocenters. The van der Waals surface area contributed by atoms with Crippen LogP contribution in [0, 0.1) is 0 Å². The second-order valence-corrected chi connectivity index (χ2v) is 9.09. The number of aromatic amines is 1. The van der Waals surface area contributed by atoms with Gasteiger partial charge in [0.15, 0.2) is 0 Å². The number of halogens is 1. The number of thiophene rings is 1. The van der Waals surface area contributed by atoms with Crippen LogP contribution in [-0.4, -0.2) is 54.7 Å². The molecule has 124 valence electrons. The first-order chi connectivity index (χ1) is 11.0. The summed E-state index contributed by atoms with van der Waals surface area (Å²) in [7, 11) is -3.54. The van der Waals surface area contributed by atoms with Crippen molar-refractivity contribution in [2.24, 2.45) is 0 Å². The van der Waals surface area contributed by atoms with Crippen LogP contribution >= 0.6 is 22.9 Å². The Balaban J connectivity index is 1.72. The van der Waals surface area contributed by atoms with Crippen molar-refractivity contribution in [2.45, 2.75) is 10.6 Å². The van der Waals surface area contributed by atoms with Crippen molar-refractivity contribution in [3.63, 3.8) is 0 Å². The van der Waals surface area contributed by atoms with Crippen LogP contribution in [0.15, 0.2) is 34.8 Å². The van der Waals surface area contributed by atoms with E-state index in [-0.39, 0.29) is 16.7 Å². The molecule has 0 saturated carbocycles. The van der Waals surface area contributed by atoms with Gasteiger partial charge in [-0.15, -0.1) is 11.3 Å². The van der Waals surface area contributed by atoms with Crippen molar-refractivity contribution in [1.29, 1.82) is 0 Å². The van der Waals surface area contributed by atoms with Gasteiger partial charge in [-0.3, -0.25) is 4.79 Å². The summed E-state index contributed by atoms with van der Waals surface area (Å²) in [5, 5.41) is 0. The molecule has 1 aliphatic rings. The molecule has 23 heavy (non-hydrogen) atoms. The lowest BCUT2D eigenvalue weighted by Crippen LogP contribution is -2.37. The zero-order chi connectivity index (χ0) is 16.4. The first-order valence-electron chi connectivity index (χ1n) is 7.16. The third-order valence-electron chi connectivity index (χ3n) is 3.73. The lowest BCUT2D eigenvalue weighted by Gasteiger charge is -2.21. The summed E-state index contributed by atoms with van der Waals surface area (Å²) in [5.74, 6) is -0.0790. The molecule has 1 fully saturated rings. The maximum Gasteiger partial charge on any atom is 0.255 e. The van der Waals surface area contributed by atoms with Crippen LogP contribution in [0.1, 0.15) is 16.8 Å². The Morgan fingerprint density at radius 3 is 2.65 bits per heavy atom. The van der Waals surface area contributed by atoms with Gasteiger partial charge in [0.05, 0.1) is 9.90 Å². The van der Waals surface area contributed by atoms with Gasteiger partial charge in [0.1, 0.15) is 4.21 Å². The van der Waals surface area contributed by atoms with Gasteiger partial charge in [-0.1, -0.05) is 11.6 Å². The van der Waals surface area contributed by atoms with E-state index in [9.17, 15) is 13.2 Å². The van der Waals surface area contributed by atoms with Gasteiger partial charge in [-0.05, 0) is 24.6 Å². The Morgan fingerprint density at radius 1 is 1.17 bits per heavy atom. The Bertz CT molecular complexity index is 786. The van der Waals surface area contributed by atoms with Crippen LogP contribution in [-0.2, 0) is 10.0 Å². The first kappa shape index (κ1) is 16.5. The molecule has 0 aromatic carbocycles. The quantitative estimate of drug-likeness (QED) is 0.896. The van der Waals surface area contributed by atoms with Crippen LogP contribution in [0.4, 0.5) is 0 Å². The summed E-state index contributed by atoms with van der Waals surface area (Å²) in [6.07, 6.45) is 3.95. The number of carbonyl (C=O) groups excluding carboxylic acids is 1. The SMILES string of the molecule is O=C(c1cc[nH]c1)N1CCCN(S(=O)(=O)c2ccc(Cl)s2)CC1. The number of H-pyrrole nitrogens is 1. The van der Waals surface area contributed by atoms with Crippen LogP contribution in [0.2, 0.25) is 4.34 Å². The number of nitrogens with zero attached hydrogens (tertiary/aromatic N) is 2. The van der Waals surface area contributed by atoms with E-state index in [1.807, 2.05) is 0 Å². The Kier molecular flexibility index (Phi) is 4.77. The number of aromatic nitrogens is 1. The summed E-state index contributed by atoms with van der Waals surface area (Å²) < 4.78 is 27.4. The highest BCUT2D eigenvalue weighted by molar-refractivity contribution is 7.91. The van der Waals surface area contributed by atoms with Gasteiger partial charge in [0.2, 0.25) is 0 Å². The number of amides is 1. The van der Waals surface area contributed by atoms with Crippen molar-refractivity contribution in [1.82, 2.24) is 14.2 Å². The summed E-state index contributed by atoms with van der Waals surface area (Å²) in [5.41, 5.74) is 0.589. The van der Waals surface area contributed by atoms with E-state index in [0.29, 0.717) is 36.0 Å². The molecule has 3 rings (SSSR count). The van der Waals surface area contributed by atoms with Crippen LogP contribution < -0.4 is 0 Å². The van der Waals surface area contributed by atoms with Gasteiger partial charge in [0, 0.05) is 38.6 Å². The van der Waals surface area contributed by atoms with Gasteiger partial charge < -0.3 is 9.88 Å². The molecule has 0 unspecified atom stereocenters. The maximum atomic E-state index is 12.6. The van der Waals surface area contributed by atoms with Gasteiger partial charge >= 0.3 is 0 Å². The van der Waals surface area contributed by atoms with Crippen molar-refractivity contribution >= 4 is 38.9 Å². The predicted molar refractivity (Wildman–Crippen MR) is 89.4 cm³/mol. The van der Waals surface area contributed by atoms with E-state index in [1.165, 1.54) is 10.4 Å². The minimum absolute atomic E-state index is 0.0790. The molecule has 1 amide bonds. The van der Waals surface area contributed by atoms with Crippen LogP contribution in [0.5, 0.6) is 0 Å². The van der Waals surface area contributed by atoms with E-state index in [2.05, 4.69) is 4.98 Å². The van der Waals surface area contributed by atoms with Crippen LogP contribution in [0.25, 0.3) is 0 Å². The first-order valence-corrected chi connectivity index (χ1v) is 9.79. The Labute approximate surface area is 143 Å². The zero-order valence-corrected chi connectivity index (χ0v) is 14.6. The number of sulfonamides is 1. The lowest BCUT2D eigenvalue weighted by atomic mass is 10.3. The molecule has 0 spiro atoms. The molecule has 0 aliphatic carbocycles. The molecule has 2 aromatic rings. The van der Waals surface area contributed by atoms with Gasteiger partial charge in [-0.2, -0.15) is 4.31 Å². The largest absolute Gasteiger partial charge is 0.367 e. The number of hydrogen-bond donors (Lipinski definition) is 1. The van der Waals surface area contributed by atoms with Crippen molar-refractivity contribution in [2.75, 3.05) is 26.2 Å². The number of nitrogens with one attached hydrogen (secondary N) is 1. The highest BCUT2D eigenvalue weighted by Crippen LogP contribution is 2.28. The minimum atomic E-state index is -3.54. The summed E-state index contributed by atoms with van der Waals surface area (Å²) in [4.78, 5) is 16.9. The van der Waals surface area contributed by atoms with Gasteiger partial charge in [-0.25, -0.2) is 8.42 Å². The smallest absolute Gasteiger partial charge is 0.255 e. The van der Waals surface area contributed by atoms with Crippen molar-refractivity contribution in [3.8, 4) is 0 Å². The highest BCUT2D eigenvalue weighted by Gasteiger charge is 2.29. The molecular weight excluding hydrogens is 358 g/mol. The molecule has 1 N–H and O–H groups in total. The molecule has 6 nitrogen and oxygen atoms in total. The summed E-state index contributed by atoms with van der Waals surface area (Å²) in [6.45, 7) is 1.60. The van der Waals surface area contributed by atoms with E-state index in [4.69, 9.17) is 11.6 Å². The Morgan fingerprint density at radius 2 is 2.00 bits per heavy atom. The van der Waals surface area contributed by atoms with Crippen molar-refractivity contribution < 1.29 is 13.2 Å². The molecule has 2 aromatic heterocycles. The fourth-order valence-corrected chi connectivity index (χ4v) is 5.65. The number of rotatable bonds is 3. The standard InChI is InChI=1S/C14H16ClN3O3S2/c15-12-2-3-13(22-12)23(20,21)18-7-1-6-17(8-9-18)14(19)11-4-5-16-10-11/h2-5,10,16H,1,6-9H2. The second-order valence-electron chi connectivity index (χ2n) is 5.21. The number of carbonyl (C=O) groups is 1. The number of hydrogen-bond acceptors (Lipinski definition) is 4. The average molecular weight is 374 g/mol.